The van der Waals surface area contributed by atoms with E-state index in [0.29, 0.717) is 23.0 Å². The minimum atomic E-state index is -3.52. The lowest BCUT2D eigenvalue weighted by atomic mass is 10.2. The number of hydrogen-bond donors (Lipinski definition) is 1. The number of aryl methyl sites for hydroxylation is 1. The molecule has 4 nitrogen and oxygen atoms in total. The topological polar surface area (TPSA) is 70.0 Å². The van der Waals surface area contributed by atoms with E-state index in [1.54, 1.807) is 19.1 Å². The monoisotopic (exact) mass is 302 g/mol. The molecule has 0 amide bonds. The molecule has 6 heteroatoms. The molecule has 0 spiro atoms. The number of nitriles is 1. The third-order valence-corrected chi connectivity index (χ3v) is 3.99. The van der Waals surface area contributed by atoms with Crippen LogP contribution in [0.5, 0.6) is 0 Å². The van der Waals surface area contributed by atoms with E-state index in [0.717, 1.165) is 0 Å². The second kappa shape index (κ2) is 5.43. The zero-order valence-electron chi connectivity index (χ0n) is 8.70. The number of sulfonamides is 1. The minimum Gasteiger partial charge on any atom is -0.210 e. The van der Waals surface area contributed by atoms with Crippen molar-refractivity contribution in [2.24, 2.45) is 0 Å². The Balaban J connectivity index is 3.17. The summed E-state index contributed by atoms with van der Waals surface area (Å²) in [7, 11) is -3.52. The molecule has 86 valence electrons. The summed E-state index contributed by atoms with van der Waals surface area (Å²) < 4.78 is 26.1. The predicted molar refractivity (Wildman–Crippen MR) is 64.9 cm³/mol. The van der Waals surface area contributed by atoms with Crippen molar-refractivity contribution < 1.29 is 8.42 Å². The fourth-order valence-corrected chi connectivity index (χ4v) is 2.97. The first-order valence-corrected chi connectivity index (χ1v) is 7.18. The first-order valence-electron chi connectivity index (χ1n) is 4.57. The molecule has 0 aliphatic rings. The molecule has 0 bridgehead atoms. The van der Waals surface area contributed by atoms with E-state index in [2.05, 4.69) is 20.7 Å². The molecule has 0 unspecified atom stereocenters. The van der Waals surface area contributed by atoms with Crippen LogP contribution in [-0.4, -0.2) is 20.3 Å². The molecule has 1 aromatic rings. The Kier molecular flexibility index (Phi) is 4.47. The molecule has 1 N–H and O–H groups in total. The summed E-state index contributed by atoms with van der Waals surface area (Å²) >= 11 is 3.14. The SMILES string of the molecule is Cc1ccc(C#N)cc1S(=O)(=O)NCCBr. The molecule has 16 heavy (non-hydrogen) atoms. The maximum atomic E-state index is 11.8. The van der Waals surface area contributed by atoms with Crippen molar-refractivity contribution in [2.45, 2.75) is 11.8 Å². The van der Waals surface area contributed by atoms with E-state index in [-0.39, 0.29) is 4.90 Å². The van der Waals surface area contributed by atoms with E-state index in [1.807, 2.05) is 6.07 Å². The molecule has 0 saturated carbocycles. The number of benzene rings is 1. The van der Waals surface area contributed by atoms with Gasteiger partial charge in [0, 0.05) is 11.9 Å². The van der Waals surface area contributed by atoms with Crippen molar-refractivity contribution in [3.63, 3.8) is 0 Å². The Hall–Kier alpha value is -0.900. The fraction of sp³-hybridized carbons (Fsp3) is 0.300. The van der Waals surface area contributed by atoms with Crippen LogP contribution in [0.25, 0.3) is 0 Å². The van der Waals surface area contributed by atoms with Crippen molar-refractivity contribution in [1.82, 2.24) is 4.72 Å². The maximum Gasteiger partial charge on any atom is 0.240 e. The summed E-state index contributed by atoms with van der Waals surface area (Å²) in [4.78, 5) is 0.160. The lowest BCUT2D eigenvalue weighted by Crippen LogP contribution is -2.26. The highest BCUT2D eigenvalue weighted by atomic mass is 79.9. The molecule has 0 aliphatic heterocycles. The zero-order valence-corrected chi connectivity index (χ0v) is 11.1. The van der Waals surface area contributed by atoms with Crippen LogP contribution >= 0.6 is 15.9 Å². The van der Waals surface area contributed by atoms with Crippen molar-refractivity contribution in [2.75, 3.05) is 11.9 Å². The minimum absolute atomic E-state index is 0.160. The number of halogens is 1. The summed E-state index contributed by atoms with van der Waals surface area (Å²) in [6.07, 6.45) is 0. The van der Waals surface area contributed by atoms with Gasteiger partial charge in [0.05, 0.1) is 16.5 Å². The summed E-state index contributed by atoms with van der Waals surface area (Å²) in [5.74, 6) is 0. The lowest BCUT2D eigenvalue weighted by molar-refractivity contribution is 0.583. The highest BCUT2D eigenvalue weighted by Gasteiger charge is 2.16. The van der Waals surface area contributed by atoms with Crippen LogP contribution in [0.4, 0.5) is 0 Å². The molecular formula is C10H11BrN2O2S. The van der Waals surface area contributed by atoms with E-state index in [4.69, 9.17) is 5.26 Å². The Bertz CT molecular complexity index is 520. The molecule has 0 fully saturated rings. The molecule has 0 radical (unpaired) electrons. The van der Waals surface area contributed by atoms with Crippen LogP contribution in [0, 0.1) is 18.3 Å². The van der Waals surface area contributed by atoms with E-state index < -0.39 is 10.0 Å². The van der Waals surface area contributed by atoms with Gasteiger partial charge in [-0.25, -0.2) is 13.1 Å². The highest BCUT2D eigenvalue weighted by Crippen LogP contribution is 2.16. The van der Waals surface area contributed by atoms with E-state index >= 15 is 0 Å². The number of nitrogens with one attached hydrogen (secondary N) is 1. The van der Waals surface area contributed by atoms with Gasteiger partial charge in [-0.3, -0.25) is 0 Å². The first-order chi connectivity index (χ1) is 7.51. The molecule has 0 aliphatic carbocycles. The molecule has 1 rings (SSSR count). The standard InChI is InChI=1S/C10H11BrN2O2S/c1-8-2-3-9(7-12)6-10(8)16(14,15)13-5-4-11/h2-3,6,13H,4-5H2,1H3. The zero-order chi connectivity index (χ0) is 12.2. The molecule has 1 aromatic carbocycles. The van der Waals surface area contributed by atoms with Crippen LogP contribution < -0.4 is 4.72 Å². The highest BCUT2D eigenvalue weighted by molar-refractivity contribution is 9.09. The van der Waals surface area contributed by atoms with E-state index in [9.17, 15) is 8.42 Å². The summed E-state index contributed by atoms with van der Waals surface area (Å²) in [6.45, 7) is 2.02. The Morgan fingerprint density at radius 1 is 1.50 bits per heavy atom. The van der Waals surface area contributed by atoms with Gasteiger partial charge in [0.15, 0.2) is 0 Å². The van der Waals surface area contributed by atoms with Gasteiger partial charge in [0.25, 0.3) is 0 Å². The summed E-state index contributed by atoms with van der Waals surface area (Å²) in [6, 6.07) is 6.52. The van der Waals surface area contributed by atoms with Gasteiger partial charge in [-0.15, -0.1) is 0 Å². The number of nitrogens with zero attached hydrogens (tertiary/aromatic N) is 1. The summed E-state index contributed by atoms with van der Waals surface area (Å²) in [5, 5.41) is 9.27. The van der Waals surface area contributed by atoms with Gasteiger partial charge in [-0.2, -0.15) is 5.26 Å². The first kappa shape index (κ1) is 13.2. The van der Waals surface area contributed by atoms with Gasteiger partial charge in [-0.1, -0.05) is 22.0 Å². The Labute approximate surface area is 103 Å². The van der Waals surface area contributed by atoms with Crippen molar-refractivity contribution >= 4 is 26.0 Å². The molecule has 0 saturated heterocycles. The van der Waals surface area contributed by atoms with Gasteiger partial charge in [-0.05, 0) is 24.6 Å². The van der Waals surface area contributed by atoms with Gasteiger partial charge >= 0.3 is 0 Å². The average molecular weight is 303 g/mol. The summed E-state index contributed by atoms with van der Waals surface area (Å²) in [5.41, 5.74) is 0.964. The third kappa shape index (κ3) is 3.04. The fourth-order valence-electron chi connectivity index (χ4n) is 1.21. The van der Waals surface area contributed by atoms with Crippen molar-refractivity contribution in [3.05, 3.63) is 29.3 Å². The molecule has 0 atom stereocenters. The van der Waals surface area contributed by atoms with Crippen LogP contribution in [-0.2, 0) is 10.0 Å². The van der Waals surface area contributed by atoms with E-state index in [1.165, 1.54) is 6.07 Å². The lowest BCUT2D eigenvalue weighted by Gasteiger charge is -2.08. The Morgan fingerprint density at radius 2 is 2.19 bits per heavy atom. The van der Waals surface area contributed by atoms with Gasteiger partial charge in [0.1, 0.15) is 0 Å². The van der Waals surface area contributed by atoms with Crippen LogP contribution in [0.3, 0.4) is 0 Å². The van der Waals surface area contributed by atoms with Crippen molar-refractivity contribution in [1.29, 1.82) is 5.26 Å². The molecule has 0 aromatic heterocycles. The van der Waals surface area contributed by atoms with Gasteiger partial charge in [0.2, 0.25) is 10.0 Å². The number of alkyl halides is 1. The molecule has 0 heterocycles. The van der Waals surface area contributed by atoms with Crippen molar-refractivity contribution in [3.8, 4) is 6.07 Å². The number of rotatable bonds is 4. The van der Waals surface area contributed by atoms with Crippen LogP contribution in [0.15, 0.2) is 23.1 Å². The van der Waals surface area contributed by atoms with Crippen LogP contribution in [0.1, 0.15) is 11.1 Å². The average Bonchev–Trinajstić information content (AvgIpc) is 2.27. The largest absolute Gasteiger partial charge is 0.240 e. The number of hydrogen-bond acceptors (Lipinski definition) is 3. The maximum absolute atomic E-state index is 11.8. The Morgan fingerprint density at radius 3 is 2.75 bits per heavy atom. The second-order valence-corrected chi connectivity index (χ2v) is 5.71. The van der Waals surface area contributed by atoms with Crippen LogP contribution in [0.2, 0.25) is 0 Å². The smallest absolute Gasteiger partial charge is 0.210 e. The van der Waals surface area contributed by atoms with Gasteiger partial charge < -0.3 is 0 Å². The third-order valence-electron chi connectivity index (χ3n) is 1.99. The predicted octanol–water partition coefficient (Wildman–Crippen LogP) is 1.54. The quantitative estimate of drug-likeness (QED) is 0.858. The normalized spacial score (nSPS) is 11.1. The second-order valence-electron chi connectivity index (χ2n) is 3.18. The molecular weight excluding hydrogens is 292 g/mol.